The number of guanidine groups is 1. The topological polar surface area (TPSA) is 104 Å². The first-order valence-electron chi connectivity index (χ1n) is 10.0. The molecule has 0 radical (unpaired) electrons. The Morgan fingerprint density at radius 3 is 2.47 bits per heavy atom. The molecule has 8 nitrogen and oxygen atoms in total. The Morgan fingerprint density at radius 2 is 1.83 bits per heavy atom. The zero-order valence-electron chi connectivity index (χ0n) is 18.6. The van der Waals surface area contributed by atoms with Gasteiger partial charge in [-0.1, -0.05) is 12.1 Å². The molecule has 0 aliphatic carbocycles. The van der Waals surface area contributed by atoms with Crippen LogP contribution in [0.15, 0.2) is 29.3 Å². The molecule has 0 atom stereocenters. The maximum absolute atomic E-state index is 11.7. The number of alkyl carbamates (subject to hydrolysis) is 1. The minimum atomic E-state index is -0.496. The Bertz CT molecular complexity index is 689. The van der Waals surface area contributed by atoms with Gasteiger partial charge in [-0.15, -0.1) is 24.0 Å². The van der Waals surface area contributed by atoms with E-state index in [-0.39, 0.29) is 29.9 Å². The van der Waals surface area contributed by atoms with Gasteiger partial charge in [-0.2, -0.15) is 0 Å². The predicted molar refractivity (Wildman–Crippen MR) is 132 cm³/mol. The standard InChI is InChI=1S/C21H35N5O3.HI/c1-6-23-19(24-12-8-13-26-20(28)29-21(2,3)4)25-14-11-16-9-7-10-17(15-16)18(27)22-5;/h7,9-10,15H,6,8,11-14H2,1-5H3,(H,22,27)(H,26,28)(H2,23,24,25);1H. The lowest BCUT2D eigenvalue weighted by atomic mass is 10.1. The monoisotopic (exact) mass is 533 g/mol. The number of rotatable bonds is 9. The molecular weight excluding hydrogens is 497 g/mol. The molecule has 2 amide bonds. The molecule has 0 spiro atoms. The average molecular weight is 533 g/mol. The normalized spacial score (nSPS) is 11.2. The Labute approximate surface area is 197 Å². The minimum Gasteiger partial charge on any atom is -0.444 e. The second-order valence-corrected chi connectivity index (χ2v) is 7.50. The number of carbonyl (C=O) groups excluding carboxylic acids is 2. The largest absolute Gasteiger partial charge is 0.444 e. The predicted octanol–water partition coefficient (Wildman–Crippen LogP) is 2.68. The van der Waals surface area contributed by atoms with Gasteiger partial charge in [0.2, 0.25) is 0 Å². The van der Waals surface area contributed by atoms with Crippen molar-refractivity contribution >= 4 is 41.9 Å². The molecule has 0 fully saturated rings. The maximum Gasteiger partial charge on any atom is 0.407 e. The third-order valence-corrected chi connectivity index (χ3v) is 3.74. The Kier molecular flexibility index (Phi) is 13.9. The van der Waals surface area contributed by atoms with Crippen LogP contribution in [-0.2, 0) is 11.2 Å². The number of benzene rings is 1. The van der Waals surface area contributed by atoms with Gasteiger partial charge in [0.15, 0.2) is 5.96 Å². The highest BCUT2D eigenvalue weighted by Gasteiger charge is 2.15. The molecule has 170 valence electrons. The first kappa shape index (κ1) is 28.0. The Balaban J connectivity index is 0.00000841. The number of hydrogen-bond acceptors (Lipinski definition) is 4. The lowest BCUT2D eigenvalue weighted by molar-refractivity contribution is 0.0527. The van der Waals surface area contributed by atoms with Crippen molar-refractivity contribution in [2.24, 2.45) is 4.99 Å². The van der Waals surface area contributed by atoms with Gasteiger partial charge in [-0.3, -0.25) is 9.79 Å². The average Bonchev–Trinajstić information content (AvgIpc) is 2.65. The van der Waals surface area contributed by atoms with Crippen molar-refractivity contribution < 1.29 is 14.3 Å². The summed E-state index contributed by atoms with van der Waals surface area (Å²) in [6.45, 7) is 10.0. The van der Waals surface area contributed by atoms with E-state index in [0.29, 0.717) is 31.6 Å². The molecule has 0 aliphatic heterocycles. The summed E-state index contributed by atoms with van der Waals surface area (Å²) in [5, 5.41) is 11.8. The zero-order valence-corrected chi connectivity index (χ0v) is 21.0. The number of amides is 2. The molecule has 1 aromatic carbocycles. The fraction of sp³-hybridized carbons (Fsp3) is 0.571. The fourth-order valence-electron chi connectivity index (χ4n) is 2.45. The third-order valence-electron chi connectivity index (χ3n) is 3.74. The molecule has 9 heteroatoms. The van der Waals surface area contributed by atoms with Crippen molar-refractivity contribution in [1.29, 1.82) is 0 Å². The molecule has 0 unspecified atom stereocenters. The maximum atomic E-state index is 11.7. The molecular formula is C21H36IN5O3. The van der Waals surface area contributed by atoms with Crippen LogP contribution in [0.25, 0.3) is 0 Å². The van der Waals surface area contributed by atoms with Gasteiger partial charge in [0, 0.05) is 38.8 Å². The van der Waals surface area contributed by atoms with E-state index in [1.165, 1.54) is 0 Å². The SMILES string of the molecule is CCNC(=NCCCNC(=O)OC(C)(C)C)NCCc1cccc(C(=O)NC)c1.I. The van der Waals surface area contributed by atoms with Crippen LogP contribution in [0.3, 0.4) is 0 Å². The molecule has 4 N–H and O–H groups in total. The number of hydrogen-bond donors (Lipinski definition) is 4. The molecule has 30 heavy (non-hydrogen) atoms. The van der Waals surface area contributed by atoms with Crippen LogP contribution >= 0.6 is 24.0 Å². The van der Waals surface area contributed by atoms with Crippen LogP contribution in [0.5, 0.6) is 0 Å². The van der Waals surface area contributed by atoms with Crippen LogP contribution in [0.1, 0.15) is 50.0 Å². The molecule has 1 aromatic rings. The smallest absolute Gasteiger partial charge is 0.407 e. The van der Waals surface area contributed by atoms with Gasteiger partial charge in [-0.25, -0.2) is 4.79 Å². The lowest BCUT2D eigenvalue weighted by Crippen LogP contribution is -2.38. The van der Waals surface area contributed by atoms with Gasteiger partial charge >= 0.3 is 6.09 Å². The summed E-state index contributed by atoms with van der Waals surface area (Å²) in [6.07, 6.45) is 1.07. The van der Waals surface area contributed by atoms with E-state index in [0.717, 1.165) is 24.5 Å². The highest BCUT2D eigenvalue weighted by molar-refractivity contribution is 14.0. The number of nitrogens with one attached hydrogen (secondary N) is 4. The Hall–Kier alpha value is -2.04. The van der Waals surface area contributed by atoms with Gasteiger partial charge in [0.05, 0.1) is 0 Å². The summed E-state index contributed by atoms with van der Waals surface area (Å²) in [5.41, 5.74) is 1.24. The molecule has 0 saturated carbocycles. The van der Waals surface area contributed by atoms with Crippen LogP contribution in [0.2, 0.25) is 0 Å². The van der Waals surface area contributed by atoms with E-state index >= 15 is 0 Å². The number of aliphatic imine (C=N–C) groups is 1. The van der Waals surface area contributed by atoms with Crippen LogP contribution in [-0.4, -0.2) is 56.8 Å². The van der Waals surface area contributed by atoms with Crippen molar-refractivity contribution in [2.45, 2.75) is 46.1 Å². The number of carbonyl (C=O) groups is 2. The molecule has 0 bridgehead atoms. The van der Waals surface area contributed by atoms with Crippen molar-refractivity contribution in [3.05, 3.63) is 35.4 Å². The summed E-state index contributed by atoms with van der Waals surface area (Å²) in [4.78, 5) is 27.8. The highest BCUT2D eigenvalue weighted by atomic mass is 127. The second kappa shape index (κ2) is 14.9. The van der Waals surface area contributed by atoms with Crippen LogP contribution in [0.4, 0.5) is 4.79 Å². The second-order valence-electron chi connectivity index (χ2n) is 7.50. The van der Waals surface area contributed by atoms with Crippen molar-refractivity contribution in [1.82, 2.24) is 21.3 Å². The first-order chi connectivity index (χ1) is 13.7. The molecule has 0 aromatic heterocycles. The van der Waals surface area contributed by atoms with Gasteiger partial charge in [0.1, 0.15) is 5.60 Å². The quantitative estimate of drug-likeness (QED) is 0.169. The lowest BCUT2D eigenvalue weighted by Gasteiger charge is -2.19. The van der Waals surface area contributed by atoms with Gasteiger partial charge in [0.25, 0.3) is 5.91 Å². The van der Waals surface area contributed by atoms with E-state index < -0.39 is 11.7 Å². The summed E-state index contributed by atoms with van der Waals surface area (Å²) in [6, 6.07) is 7.58. The Morgan fingerprint density at radius 1 is 1.10 bits per heavy atom. The highest BCUT2D eigenvalue weighted by Crippen LogP contribution is 2.06. The van der Waals surface area contributed by atoms with Crippen molar-refractivity contribution in [2.75, 3.05) is 33.2 Å². The van der Waals surface area contributed by atoms with Crippen LogP contribution < -0.4 is 21.3 Å². The van der Waals surface area contributed by atoms with Gasteiger partial charge in [-0.05, 0) is 58.2 Å². The van der Waals surface area contributed by atoms with Crippen LogP contribution in [0, 0.1) is 0 Å². The van der Waals surface area contributed by atoms with E-state index in [2.05, 4.69) is 26.3 Å². The van der Waals surface area contributed by atoms with E-state index in [4.69, 9.17) is 4.74 Å². The van der Waals surface area contributed by atoms with Crippen molar-refractivity contribution in [3.63, 3.8) is 0 Å². The van der Waals surface area contributed by atoms with E-state index in [9.17, 15) is 9.59 Å². The van der Waals surface area contributed by atoms with E-state index in [1.807, 2.05) is 45.9 Å². The number of ether oxygens (including phenoxy) is 1. The minimum absolute atomic E-state index is 0. The fourth-order valence-corrected chi connectivity index (χ4v) is 2.45. The number of nitrogens with zero attached hydrogens (tertiary/aromatic N) is 1. The molecule has 0 saturated heterocycles. The molecule has 0 aliphatic rings. The zero-order chi connectivity index (χ0) is 21.7. The number of halogens is 1. The summed E-state index contributed by atoms with van der Waals surface area (Å²) < 4.78 is 5.19. The summed E-state index contributed by atoms with van der Waals surface area (Å²) in [5.74, 6) is 0.641. The van der Waals surface area contributed by atoms with Gasteiger partial charge < -0.3 is 26.0 Å². The first-order valence-corrected chi connectivity index (χ1v) is 10.0. The van der Waals surface area contributed by atoms with E-state index in [1.54, 1.807) is 13.1 Å². The summed E-state index contributed by atoms with van der Waals surface area (Å²) >= 11 is 0. The molecule has 0 heterocycles. The molecule has 1 rings (SSSR count). The summed E-state index contributed by atoms with van der Waals surface area (Å²) in [7, 11) is 1.62. The van der Waals surface area contributed by atoms with Crippen molar-refractivity contribution in [3.8, 4) is 0 Å². The third kappa shape index (κ3) is 12.5.